The lowest BCUT2D eigenvalue weighted by atomic mass is 9.55. The number of benzene rings is 2. The SMILES string of the molecule is C[C@H]1c2ccc(NC(=O)Nc3ccc(CO)cc3)c(O)c2C(=O)C2=C(O)[C@]3(O)C(=O)C(C(N)=O)=C(O)[C@@H](N(C)C)[C@@H]3[C@@H](O)[C@@H]21. The number of nitrogens with zero attached hydrogens (tertiary/aromatic N) is 1. The summed E-state index contributed by atoms with van der Waals surface area (Å²) >= 11 is 0. The Hall–Kier alpha value is -4.76. The summed E-state index contributed by atoms with van der Waals surface area (Å²) in [5.74, 6) is -10.1. The van der Waals surface area contributed by atoms with Crippen LogP contribution in [0.25, 0.3) is 0 Å². The average Bonchev–Trinajstić information content (AvgIpc) is 2.96. The zero-order valence-corrected chi connectivity index (χ0v) is 23.9. The zero-order valence-electron chi connectivity index (χ0n) is 23.9. The maximum Gasteiger partial charge on any atom is 0.323 e. The van der Waals surface area contributed by atoms with Gasteiger partial charge in [-0.3, -0.25) is 19.3 Å². The highest BCUT2D eigenvalue weighted by atomic mass is 16.4. The number of amides is 3. The lowest BCUT2D eigenvalue weighted by Crippen LogP contribution is -2.68. The highest BCUT2D eigenvalue weighted by Crippen LogP contribution is 2.56. The first-order valence-electron chi connectivity index (χ1n) is 13.6. The van der Waals surface area contributed by atoms with Gasteiger partial charge in [0.25, 0.3) is 5.91 Å². The Morgan fingerprint density at radius 3 is 2.23 bits per heavy atom. The van der Waals surface area contributed by atoms with E-state index >= 15 is 0 Å². The summed E-state index contributed by atoms with van der Waals surface area (Å²) in [6.07, 6.45) is -1.71. The molecular weight excluding hydrogens is 576 g/mol. The molecule has 0 unspecified atom stereocenters. The second-order valence-corrected chi connectivity index (χ2v) is 11.4. The molecule has 0 heterocycles. The number of aromatic hydroxyl groups is 1. The van der Waals surface area contributed by atoms with Crippen LogP contribution in [-0.4, -0.2) is 90.9 Å². The second-order valence-electron chi connectivity index (χ2n) is 11.4. The van der Waals surface area contributed by atoms with Crippen LogP contribution in [0, 0.1) is 11.8 Å². The summed E-state index contributed by atoms with van der Waals surface area (Å²) < 4.78 is 0. The molecule has 2 aromatic carbocycles. The van der Waals surface area contributed by atoms with E-state index in [0.717, 1.165) is 0 Å². The van der Waals surface area contributed by atoms with Crippen LogP contribution >= 0.6 is 0 Å². The number of nitrogens with two attached hydrogens (primary N) is 1. The Morgan fingerprint density at radius 2 is 1.66 bits per heavy atom. The minimum absolute atomic E-state index is 0.175. The monoisotopic (exact) mass is 608 g/mol. The van der Waals surface area contributed by atoms with Gasteiger partial charge in [-0.1, -0.05) is 25.1 Å². The van der Waals surface area contributed by atoms with Gasteiger partial charge in [0.05, 0.1) is 35.9 Å². The van der Waals surface area contributed by atoms with Crippen molar-refractivity contribution in [1.82, 2.24) is 4.90 Å². The third-order valence-corrected chi connectivity index (χ3v) is 8.77. The number of hydrogen-bond donors (Lipinski definition) is 9. The number of hydrogen-bond acceptors (Lipinski definition) is 11. The van der Waals surface area contributed by atoms with Crippen molar-refractivity contribution in [3.8, 4) is 5.75 Å². The summed E-state index contributed by atoms with van der Waals surface area (Å²) in [6.45, 7) is 1.42. The third kappa shape index (κ3) is 4.33. The van der Waals surface area contributed by atoms with Gasteiger partial charge in [0.15, 0.2) is 17.1 Å². The molecule has 44 heavy (non-hydrogen) atoms. The van der Waals surface area contributed by atoms with E-state index < -0.39 is 87.4 Å². The summed E-state index contributed by atoms with van der Waals surface area (Å²) in [5.41, 5.74) is 1.51. The number of phenols is 1. The molecule has 0 spiro atoms. The molecule has 10 N–H and O–H groups in total. The Labute approximate surface area is 250 Å². The number of fused-ring (bicyclic) bond motifs is 3. The Morgan fingerprint density at radius 1 is 1.02 bits per heavy atom. The maximum absolute atomic E-state index is 14.0. The Balaban J connectivity index is 1.58. The number of ketones is 2. The number of aliphatic hydroxyl groups is 5. The molecule has 0 radical (unpaired) electrons. The number of anilines is 2. The van der Waals surface area contributed by atoms with Gasteiger partial charge in [-0.25, -0.2) is 4.79 Å². The van der Waals surface area contributed by atoms with Crippen LogP contribution in [0.15, 0.2) is 59.1 Å². The number of primary amides is 1. The van der Waals surface area contributed by atoms with Crippen molar-refractivity contribution in [1.29, 1.82) is 0 Å². The standard InChI is InChI=1S/C30H32N4O10/c1-11-14-8-9-15(33-29(43)32-13-6-4-12(10-35)5-7-13)22(36)17(14)23(37)18-16(11)24(38)20-21(34(2)3)25(39)19(28(31)42)27(41)30(20,44)26(18)40/h4-9,11,16,20-21,24,35-36,38-40,44H,10H2,1-3H3,(H2,31,42)(H2,32,33,43)/t11-,16+,20+,21-,24-,30-/m0/s1. The lowest BCUT2D eigenvalue weighted by Gasteiger charge is -2.53. The molecule has 0 bridgehead atoms. The summed E-state index contributed by atoms with van der Waals surface area (Å²) in [6, 6.07) is 6.98. The van der Waals surface area contributed by atoms with Crippen molar-refractivity contribution >= 4 is 34.9 Å². The van der Waals surface area contributed by atoms with Gasteiger partial charge >= 0.3 is 6.03 Å². The number of likely N-dealkylation sites (N-methyl/N-ethyl adjacent to an activating group) is 1. The van der Waals surface area contributed by atoms with E-state index in [4.69, 9.17) is 5.73 Å². The van der Waals surface area contributed by atoms with Crippen molar-refractivity contribution in [2.24, 2.45) is 17.6 Å². The van der Waals surface area contributed by atoms with Crippen molar-refractivity contribution < 1.29 is 49.8 Å². The summed E-state index contributed by atoms with van der Waals surface area (Å²) in [4.78, 5) is 53.6. The predicted octanol–water partition coefficient (Wildman–Crippen LogP) is 0.789. The molecule has 3 amide bonds. The van der Waals surface area contributed by atoms with Crippen LogP contribution in [-0.2, 0) is 16.2 Å². The summed E-state index contributed by atoms with van der Waals surface area (Å²) in [7, 11) is 2.91. The van der Waals surface area contributed by atoms with Gasteiger partial charge in [0.1, 0.15) is 17.1 Å². The zero-order chi connectivity index (χ0) is 32.4. The number of phenolic OH excluding ortho intramolecular Hbond substituents is 1. The lowest BCUT2D eigenvalue weighted by molar-refractivity contribution is -0.162. The number of carbonyl (C=O) groups excluding carboxylic acids is 4. The van der Waals surface area contributed by atoms with Crippen LogP contribution < -0.4 is 16.4 Å². The average molecular weight is 609 g/mol. The molecule has 14 heteroatoms. The van der Waals surface area contributed by atoms with Crippen molar-refractivity contribution in [2.45, 2.75) is 37.2 Å². The fourth-order valence-electron chi connectivity index (χ4n) is 6.70. The molecule has 6 atom stereocenters. The van der Waals surface area contributed by atoms with Gasteiger partial charge in [0, 0.05) is 17.2 Å². The minimum Gasteiger partial charge on any atom is -0.510 e. The normalized spacial score (nSPS) is 27.9. The van der Waals surface area contributed by atoms with E-state index in [2.05, 4.69) is 10.6 Å². The summed E-state index contributed by atoms with van der Waals surface area (Å²) in [5, 5.41) is 71.1. The van der Waals surface area contributed by atoms with E-state index in [1.165, 1.54) is 31.1 Å². The molecule has 0 saturated carbocycles. The topological polar surface area (TPSA) is 243 Å². The molecule has 2 aromatic rings. The van der Waals surface area contributed by atoms with E-state index in [-0.39, 0.29) is 23.4 Å². The van der Waals surface area contributed by atoms with Crippen LogP contribution in [0.3, 0.4) is 0 Å². The number of carbonyl (C=O) groups is 4. The smallest absolute Gasteiger partial charge is 0.323 e. The van der Waals surface area contributed by atoms with Gasteiger partial charge in [-0.05, 0) is 49.3 Å². The molecule has 14 nitrogen and oxygen atoms in total. The number of Topliss-reactive ketones (excluding diaryl/α,β-unsaturated/α-hetero) is 2. The molecule has 0 aliphatic heterocycles. The molecule has 3 aliphatic carbocycles. The molecule has 5 rings (SSSR count). The molecule has 0 fully saturated rings. The highest BCUT2D eigenvalue weighted by molar-refractivity contribution is 6.25. The largest absolute Gasteiger partial charge is 0.510 e. The number of rotatable bonds is 5. The first-order chi connectivity index (χ1) is 20.7. The minimum atomic E-state index is -3.03. The van der Waals surface area contributed by atoms with E-state index in [0.29, 0.717) is 11.3 Å². The Bertz CT molecular complexity index is 1660. The number of urea groups is 1. The highest BCUT2D eigenvalue weighted by Gasteiger charge is 2.67. The molecule has 0 saturated heterocycles. The molecule has 232 valence electrons. The quantitative estimate of drug-likeness (QED) is 0.170. The fourth-order valence-corrected chi connectivity index (χ4v) is 6.70. The van der Waals surface area contributed by atoms with Crippen molar-refractivity contribution in [2.75, 3.05) is 24.7 Å². The van der Waals surface area contributed by atoms with Crippen LogP contribution in [0.5, 0.6) is 5.75 Å². The first-order valence-corrected chi connectivity index (χ1v) is 13.6. The molecule has 0 aromatic heterocycles. The first kappa shape index (κ1) is 30.7. The van der Waals surface area contributed by atoms with Crippen LogP contribution in [0.4, 0.5) is 16.2 Å². The van der Waals surface area contributed by atoms with E-state index in [1.807, 2.05) is 0 Å². The van der Waals surface area contributed by atoms with Crippen LogP contribution in [0.2, 0.25) is 0 Å². The number of nitrogens with one attached hydrogen (secondary N) is 2. The maximum atomic E-state index is 14.0. The van der Waals surface area contributed by atoms with Gasteiger partial charge in [-0.15, -0.1) is 0 Å². The fraction of sp³-hybridized carbons (Fsp3) is 0.333. The molecular formula is C30H32N4O10. The van der Waals surface area contributed by atoms with Gasteiger partial charge in [-0.2, -0.15) is 0 Å². The molecule has 3 aliphatic rings. The van der Waals surface area contributed by atoms with Gasteiger partial charge < -0.3 is 47.0 Å². The second kappa shape index (κ2) is 10.7. The Kier molecular flexibility index (Phi) is 7.50. The van der Waals surface area contributed by atoms with Crippen molar-refractivity contribution in [3.05, 3.63) is 75.8 Å². The van der Waals surface area contributed by atoms with E-state index in [9.17, 15) is 49.8 Å². The van der Waals surface area contributed by atoms with Crippen molar-refractivity contribution in [3.63, 3.8) is 0 Å². The third-order valence-electron chi connectivity index (χ3n) is 8.77. The van der Waals surface area contributed by atoms with Crippen LogP contribution in [0.1, 0.15) is 34.3 Å². The van der Waals surface area contributed by atoms with Gasteiger partial charge in [0.2, 0.25) is 5.78 Å². The predicted molar refractivity (Wildman–Crippen MR) is 155 cm³/mol. The number of aliphatic hydroxyl groups excluding tert-OH is 4. The van der Waals surface area contributed by atoms with E-state index in [1.54, 1.807) is 31.2 Å².